The number of ether oxygens (including phenoxy) is 3. The summed E-state index contributed by atoms with van der Waals surface area (Å²) in [4.78, 5) is 0. The van der Waals surface area contributed by atoms with Crippen LogP contribution >= 0.6 is 60.5 Å². The minimum absolute atomic E-state index is 0. The van der Waals surface area contributed by atoms with E-state index in [0.29, 0.717) is 46.2 Å². The molecule has 2 rings (SSSR count). The van der Waals surface area contributed by atoms with Crippen molar-refractivity contribution in [1.82, 2.24) is 0 Å². The van der Waals surface area contributed by atoms with Crippen molar-refractivity contribution >= 4 is 66.2 Å². The van der Waals surface area contributed by atoms with Gasteiger partial charge in [-0.15, -0.1) is 11.6 Å². The summed E-state index contributed by atoms with van der Waals surface area (Å²) in [5.74, 6) is 2.07. The second kappa shape index (κ2) is 15.1. The van der Waals surface area contributed by atoms with Gasteiger partial charge in [-0.3, -0.25) is 4.31 Å². The van der Waals surface area contributed by atoms with E-state index < -0.39 is 6.10 Å². The summed E-state index contributed by atoms with van der Waals surface area (Å²) >= 11 is 19.3. The van der Waals surface area contributed by atoms with Crippen molar-refractivity contribution in [2.24, 2.45) is 0 Å². The molecule has 0 heterocycles. The van der Waals surface area contributed by atoms with E-state index in [1.807, 2.05) is 35.6 Å². The molecule has 31 heavy (non-hydrogen) atoms. The van der Waals surface area contributed by atoms with Crippen molar-refractivity contribution < 1.29 is 23.5 Å². The largest absolute Gasteiger partial charge is 0.491 e. The van der Waals surface area contributed by atoms with E-state index in [-0.39, 0.29) is 26.7 Å². The molecule has 6 nitrogen and oxygen atoms in total. The predicted octanol–water partition coefficient (Wildman–Crippen LogP) is 5.58. The maximum absolute atomic E-state index is 9.63. The summed E-state index contributed by atoms with van der Waals surface area (Å²) in [6.07, 6.45) is 0.0297. The van der Waals surface area contributed by atoms with Crippen LogP contribution in [0.3, 0.4) is 0 Å². The third kappa shape index (κ3) is 9.65. The van der Waals surface area contributed by atoms with Gasteiger partial charge >= 0.3 is 0 Å². The first-order chi connectivity index (χ1) is 14.4. The van der Waals surface area contributed by atoms with E-state index >= 15 is 0 Å². The van der Waals surface area contributed by atoms with Gasteiger partial charge < -0.3 is 23.5 Å². The third-order valence-corrected chi connectivity index (χ3v) is 5.27. The van der Waals surface area contributed by atoms with Crippen molar-refractivity contribution in [2.75, 3.05) is 44.2 Å². The molecule has 0 aliphatic heterocycles. The molecular weight excluding hydrogens is 505 g/mol. The number of alkyl halides is 1. The molecule has 0 spiro atoms. The Hall–Kier alpha value is -0.870. The fourth-order valence-corrected chi connectivity index (χ4v) is 3.47. The molecule has 0 aliphatic carbocycles. The number of halogens is 3. The molecule has 0 amide bonds. The number of methoxy groups -OCH3 is 1. The van der Waals surface area contributed by atoms with E-state index in [4.69, 9.17) is 53.2 Å². The zero-order valence-corrected chi connectivity index (χ0v) is 21.2. The van der Waals surface area contributed by atoms with E-state index in [0.717, 1.165) is 17.9 Å². The summed E-state index contributed by atoms with van der Waals surface area (Å²) < 4.78 is 23.5. The summed E-state index contributed by atoms with van der Waals surface area (Å²) in [5.41, 5.74) is 0.892. The van der Waals surface area contributed by atoms with Gasteiger partial charge in [-0.1, -0.05) is 23.2 Å². The maximum Gasteiger partial charge on any atom is 0.179 e. The van der Waals surface area contributed by atoms with Gasteiger partial charge in [-0.05, 0) is 30.7 Å². The smallest absolute Gasteiger partial charge is 0.179 e. The molecule has 1 N–H and O–H groups in total. The Kier molecular flexibility index (Phi) is 13.7. The molecular formula is C20H26Cl3NO5S2. The number of nitrogens with zero attached hydrogens (tertiary/aromatic N) is 1. The molecule has 0 radical (unpaired) electrons. The van der Waals surface area contributed by atoms with Crippen molar-refractivity contribution in [3.05, 3.63) is 46.4 Å². The van der Waals surface area contributed by atoms with Gasteiger partial charge in [0.1, 0.15) is 24.2 Å². The van der Waals surface area contributed by atoms with Crippen LogP contribution in [0.5, 0.6) is 17.2 Å². The van der Waals surface area contributed by atoms with Crippen LogP contribution in [0.4, 0.5) is 5.69 Å². The topological polar surface area (TPSA) is 60.4 Å². The van der Waals surface area contributed by atoms with Crippen LogP contribution in [0.2, 0.25) is 10.0 Å². The monoisotopic (exact) mass is 529 g/mol. The lowest BCUT2D eigenvalue weighted by Gasteiger charge is -2.18. The van der Waals surface area contributed by atoms with Gasteiger partial charge in [0.15, 0.2) is 18.0 Å². The molecule has 0 bridgehead atoms. The second-order valence-electron chi connectivity index (χ2n) is 6.18. The summed E-state index contributed by atoms with van der Waals surface area (Å²) in [5, 5.41) is 10.4. The van der Waals surface area contributed by atoms with Crippen molar-refractivity contribution in [3.8, 4) is 17.2 Å². The quantitative estimate of drug-likeness (QED) is 0.157. The molecule has 2 aromatic rings. The second-order valence-corrected chi connectivity index (χ2v) is 8.23. The van der Waals surface area contributed by atoms with Crippen LogP contribution in [0, 0.1) is 0 Å². The number of hydrogen-bond donors (Lipinski definition) is 1. The first-order valence-corrected chi connectivity index (χ1v) is 11.1. The number of benzene rings is 2. The lowest BCUT2D eigenvalue weighted by atomic mass is 10.3. The molecule has 0 saturated heterocycles. The maximum atomic E-state index is 9.63. The van der Waals surface area contributed by atoms with Crippen molar-refractivity contribution in [3.63, 3.8) is 0 Å². The molecule has 0 aliphatic rings. The predicted molar refractivity (Wildman–Crippen MR) is 134 cm³/mol. The molecule has 0 aromatic heterocycles. The Labute approximate surface area is 209 Å². The summed E-state index contributed by atoms with van der Waals surface area (Å²) in [6, 6.07) is 10.7. The number of rotatable bonds is 13. The molecule has 0 saturated carbocycles. The number of aliphatic hydroxyl groups excluding tert-OH is 1. The van der Waals surface area contributed by atoms with Gasteiger partial charge in [0.05, 0.1) is 23.3 Å². The van der Waals surface area contributed by atoms with E-state index in [2.05, 4.69) is 0 Å². The highest BCUT2D eigenvalue weighted by Crippen LogP contribution is 2.38. The molecule has 1 unspecified atom stereocenters. The van der Waals surface area contributed by atoms with Gasteiger partial charge in [-0.25, -0.2) is 0 Å². The van der Waals surface area contributed by atoms with Gasteiger partial charge in [0.2, 0.25) is 0 Å². The average Bonchev–Trinajstić information content (AvgIpc) is 2.73. The first kappa shape index (κ1) is 28.2. The lowest BCUT2D eigenvalue weighted by Crippen LogP contribution is -2.22. The van der Waals surface area contributed by atoms with E-state index in [1.54, 1.807) is 12.1 Å². The molecule has 1 atom stereocenters. The highest BCUT2D eigenvalue weighted by atomic mass is 35.5. The Bertz CT molecular complexity index is 763. The van der Waals surface area contributed by atoms with E-state index in [1.165, 1.54) is 7.11 Å². The Morgan fingerprint density at radius 3 is 2.26 bits per heavy atom. The Morgan fingerprint density at radius 1 is 1.03 bits per heavy atom. The highest BCUT2D eigenvalue weighted by Gasteiger charge is 2.12. The van der Waals surface area contributed by atoms with Crippen LogP contribution < -0.4 is 18.0 Å². The van der Waals surface area contributed by atoms with Gasteiger partial charge in [0.25, 0.3) is 0 Å². The molecule has 0 fully saturated rings. The third-order valence-electron chi connectivity index (χ3n) is 3.74. The van der Waals surface area contributed by atoms with E-state index in [9.17, 15) is 5.11 Å². The standard InChI is InChI=1S/C20H24Cl3NO5S.H2S/c1-24(14-4-6-16(7-5-14)28-13-15(25)12-26-2)30-29-17-10-18(22)20(19(23)11-17)27-9-3-8-21;/h4-7,10-11,15,25H,3,8-9,12-13H2,1-2H3;1H2. The van der Waals surface area contributed by atoms with Gasteiger partial charge in [-0.2, -0.15) is 13.5 Å². The SMILES string of the molecule is COCC(O)COc1ccc(N(C)SOc2cc(Cl)c(OCCCCl)c(Cl)c2)cc1.S. The van der Waals surface area contributed by atoms with Crippen LogP contribution in [-0.4, -0.2) is 51.1 Å². The minimum atomic E-state index is -0.669. The van der Waals surface area contributed by atoms with Gasteiger partial charge in [0, 0.05) is 37.9 Å². The van der Waals surface area contributed by atoms with Crippen molar-refractivity contribution in [2.45, 2.75) is 12.5 Å². The zero-order chi connectivity index (χ0) is 21.9. The summed E-state index contributed by atoms with van der Waals surface area (Å²) in [6.45, 7) is 0.822. The number of anilines is 1. The first-order valence-electron chi connectivity index (χ1n) is 9.10. The normalized spacial score (nSPS) is 11.4. The van der Waals surface area contributed by atoms with Crippen LogP contribution in [0.1, 0.15) is 6.42 Å². The number of aliphatic hydroxyl groups is 1. The minimum Gasteiger partial charge on any atom is -0.491 e. The van der Waals surface area contributed by atoms with Crippen molar-refractivity contribution in [1.29, 1.82) is 0 Å². The van der Waals surface area contributed by atoms with Crippen LogP contribution in [0.25, 0.3) is 0 Å². The molecule has 2 aromatic carbocycles. The Balaban J connectivity index is 0.00000480. The highest BCUT2D eigenvalue weighted by molar-refractivity contribution is 7.96. The molecule has 11 heteroatoms. The zero-order valence-electron chi connectivity index (χ0n) is 17.1. The summed E-state index contributed by atoms with van der Waals surface area (Å²) in [7, 11) is 3.39. The number of hydrogen-bond acceptors (Lipinski definition) is 7. The Morgan fingerprint density at radius 2 is 1.68 bits per heavy atom. The van der Waals surface area contributed by atoms with Crippen LogP contribution in [0.15, 0.2) is 36.4 Å². The fraction of sp³-hybridized carbons (Fsp3) is 0.400. The van der Waals surface area contributed by atoms with Crippen LogP contribution in [-0.2, 0) is 4.74 Å². The average molecular weight is 531 g/mol. The molecule has 174 valence electrons. The fourth-order valence-electron chi connectivity index (χ4n) is 2.28. The lowest BCUT2D eigenvalue weighted by molar-refractivity contribution is 0.0325.